The predicted molar refractivity (Wildman–Crippen MR) is 154 cm³/mol. The van der Waals surface area contributed by atoms with Gasteiger partial charge in [-0.2, -0.15) is 0 Å². The van der Waals surface area contributed by atoms with Gasteiger partial charge < -0.3 is 10.1 Å². The van der Waals surface area contributed by atoms with Crippen LogP contribution < -0.4 is 5.32 Å². The Morgan fingerprint density at radius 3 is 2.26 bits per heavy atom. The highest BCUT2D eigenvalue weighted by Gasteiger charge is 2.72. The van der Waals surface area contributed by atoms with Gasteiger partial charge in [-0.25, -0.2) is 4.79 Å². The number of ketones is 1. The van der Waals surface area contributed by atoms with Crippen molar-refractivity contribution in [3.8, 4) is 0 Å². The summed E-state index contributed by atoms with van der Waals surface area (Å²) in [5.41, 5.74) is 1.02. The average molecular weight is 540 g/mol. The lowest BCUT2D eigenvalue weighted by Gasteiger charge is -2.72. The molecule has 0 aliphatic heterocycles. The largest absolute Gasteiger partial charge is 0.467 e. The molecule has 218 valence electrons. The summed E-state index contributed by atoms with van der Waals surface area (Å²) in [6, 6.07) is -0.643. The van der Waals surface area contributed by atoms with E-state index in [-0.39, 0.29) is 33.5 Å². The summed E-state index contributed by atoms with van der Waals surface area (Å²) in [6.07, 6.45) is 10.2. The first-order valence-corrected chi connectivity index (χ1v) is 15.7. The molecule has 1 N–H and O–H groups in total. The molecule has 5 heteroatoms. The van der Waals surface area contributed by atoms with Crippen LogP contribution in [0.15, 0.2) is 12.2 Å². The number of carbonyl (C=O) groups excluding carboxylic acids is 3. The minimum absolute atomic E-state index is 0.0479. The van der Waals surface area contributed by atoms with Crippen molar-refractivity contribution < 1.29 is 19.1 Å². The van der Waals surface area contributed by atoms with Crippen molar-refractivity contribution in [3.63, 3.8) is 0 Å². The van der Waals surface area contributed by atoms with Crippen molar-refractivity contribution >= 4 is 17.7 Å². The number of amides is 1. The molecule has 0 saturated heterocycles. The Balaban J connectivity index is 1.52. The summed E-state index contributed by atoms with van der Waals surface area (Å²) < 4.78 is 4.93. The van der Waals surface area contributed by atoms with Gasteiger partial charge in [0.1, 0.15) is 11.8 Å². The van der Waals surface area contributed by atoms with Gasteiger partial charge in [0.05, 0.1) is 12.5 Å². The number of hydrogen-bond acceptors (Lipinski definition) is 4. The number of methoxy groups -OCH3 is 1. The van der Waals surface area contributed by atoms with Gasteiger partial charge in [0, 0.05) is 11.8 Å². The lowest BCUT2D eigenvalue weighted by molar-refractivity contribution is -0.233. The van der Waals surface area contributed by atoms with E-state index in [0.717, 1.165) is 51.4 Å². The molecule has 5 fully saturated rings. The van der Waals surface area contributed by atoms with E-state index in [0.29, 0.717) is 29.5 Å². The molecule has 5 aliphatic rings. The topological polar surface area (TPSA) is 72.5 Å². The van der Waals surface area contributed by atoms with E-state index < -0.39 is 17.4 Å². The fourth-order valence-corrected chi connectivity index (χ4v) is 11.9. The predicted octanol–water partition coefficient (Wildman–Crippen LogP) is 6.89. The molecule has 1 amide bonds. The van der Waals surface area contributed by atoms with Crippen LogP contribution in [0.4, 0.5) is 0 Å². The number of hydrogen-bond donors (Lipinski definition) is 1. The van der Waals surface area contributed by atoms with Crippen molar-refractivity contribution in [1.29, 1.82) is 0 Å². The van der Waals surface area contributed by atoms with E-state index in [1.165, 1.54) is 25.5 Å². The third-order valence-corrected chi connectivity index (χ3v) is 14.2. The third kappa shape index (κ3) is 3.72. The SMILES string of the molecule is C=C(C)[C@@H]1CC[C@]2(C(=O)N[C@@H](C)C(=O)OC)CC[C@@]3(C)[C@H](CC[C@@H]4[C@@]5(C)CCC(=O)C(C)(C)[C@@H]5CC[C@]43C)[C@@H]12. The standard InChI is InChI=1S/C34H53NO4/c1-20(2)22-12-17-34(29(38)35-21(3)28(37)39-9)19-18-32(7)23(27(22)34)10-11-25-31(6)15-14-26(36)30(4,5)24(31)13-16-33(25,32)8/h21-25,27H,1,10-19H2,2-9H3,(H,35,38)/t21-,22-,23+,24-,25+,27+,31-,32-,33+,34-/m0/s1. The molecule has 0 aromatic carbocycles. The number of Topliss-reactive ketones (excluding diaryl/α,β-unsaturated/α-hetero) is 1. The zero-order valence-electron chi connectivity index (χ0n) is 25.9. The van der Waals surface area contributed by atoms with Crippen LogP contribution in [0.2, 0.25) is 0 Å². The van der Waals surface area contributed by atoms with Gasteiger partial charge in [-0.3, -0.25) is 9.59 Å². The minimum atomic E-state index is -0.643. The molecule has 5 saturated carbocycles. The molecule has 0 spiro atoms. The van der Waals surface area contributed by atoms with Crippen molar-refractivity contribution in [3.05, 3.63) is 12.2 Å². The number of esters is 1. The van der Waals surface area contributed by atoms with Crippen LogP contribution in [0, 0.1) is 56.7 Å². The quantitative estimate of drug-likeness (QED) is 0.312. The molecular weight excluding hydrogens is 486 g/mol. The van der Waals surface area contributed by atoms with Gasteiger partial charge in [-0.15, -0.1) is 0 Å². The highest BCUT2D eigenvalue weighted by Crippen LogP contribution is 2.77. The highest BCUT2D eigenvalue weighted by molar-refractivity contribution is 5.88. The third-order valence-electron chi connectivity index (χ3n) is 14.2. The maximum atomic E-state index is 14.1. The fraction of sp³-hybridized carbons (Fsp3) is 0.853. The monoisotopic (exact) mass is 539 g/mol. The van der Waals surface area contributed by atoms with Gasteiger partial charge >= 0.3 is 5.97 Å². The Morgan fingerprint density at radius 2 is 1.62 bits per heavy atom. The molecule has 10 atom stereocenters. The van der Waals surface area contributed by atoms with Crippen LogP contribution in [0.3, 0.4) is 0 Å². The molecule has 0 heterocycles. The maximum Gasteiger partial charge on any atom is 0.328 e. The highest BCUT2D eigenvalue weighted by atomic mass is 16.5. The van der Waals surface area contributed by atoms with Crippen LogP contribution in [-0.4, -0.2) is 30.8 Å². The lowest BCUT2D eigenvalue weighted by atomic mass is 9.32. The van der Waals surface area contributed by atoms with Crippen molar-refractivity contribution in [2.45, 2.75) is 119 Å². The Labute approximate surface area is 236 Å². The first kappa shape index (κ1) is 28.9. The van der Waals surface area contributed by atoms with Crippen LogP contribution in [0.5, 0.6) is 0 Å². The summed E-state index contributed by atoms with van der Waals surface area (Å²) in [7, 11) is 1.38. The van der Waals surface area contributed by atoms with Crippen LogP contribution in [0.1, 0.15) is 113 Å². The molecule has 0 radical (unpaired) electrons. The van der Waals surface area contributed by atoms with E-state index >= 15 is 0 Å². The number of ether oxygens (including phenoxy) is 1. The maximum absolute atomic E-state index is 14.1. The summed E-state index contributed by atoms with van der Waals surface area (Å²) in [6.45, 7) is 20.4. The first-order valence-electron chi connectivity index (χ1n) is 15.7. The molecule has 0 unspecified atom stereocenters. The smallest absolute Gasteiger partial charge is 0.328 e. The number of rotatable bonds is 4. The number of nitrogens with one attached hydrogen (secondary N) is 1. The Kier molecular flexibility index (Phi) is 6.79. The molecule has 0 aromatic heterocycles. The molecule has 5 aliphatic carbocycles. The van der Waals surface area contributed by atoms with Crippen molar-refractivity contribution in [1.82, 2.24) is 5.32 Å². The van der Waals surface area contributed by atoms with E-state index in [1.54, 1.807) is 6.92 Å². The Hall–Kier alpha value is -1.65. The molecule has 0 aromatic rings. The van der Waals surface area contributed by atoms with Gasteiger partial charge in [-0.1, -0.05) is 46.8 Å². The molecular formula is C34H53NO4. The number of carbonyl (C=O) groups is 3. The fourth-order valence-electron chi connectivity index (χ4n) is 11.9. The zero-order valence-corrected chi connectivity index (χ0v) is 25.9. The van der Waals surface area contributed by atoms with Gasteiger partial charge in [0.2, 0.25) is 5.91 Å². The van der Waals surface area contributed by atoms with Gasteiger partial charge in [-0.05, 0) is 117 Å². The molecule has 5 rings (SSSR count). The van der Waals surface area contributed by atoms with E-state index in [1.807, 2.05) is 0 Å². The lowest BCUT2D eigenvalue weighted by Crippen LogP contribution is -2.67. The second-order valence-electron chi connectivity index (χ2n) is 15.7. The summed E-state index contributed by atoms with van der Waals surface area (Å²) in [5, 5.41) is 3.08. The second-order valence-corrected chi connectivity index (χ2v) is 15.7. The van der Waals surface area contributed by atoms with E-state index in [9.17, 15) is 14.4 Å². The average Bonchev–Trinajstić information content (AvgIpc) is 3.28. The number of allylic oxidation sites excluding steroid dienone is 1. The Bertz CT molecular complexity index is 1080. The van der Waals surface area contributed by atoms with E-state index in [2.05, 4.69) is 53.4 Å². The van der Waals surface area contributed by atoms with Crippen LogP contribution in [-0.2, 0) is 19.1 Å². The number of fused-ring (bicyclic) bond motifs is 7. The molecule has 5 nitrogen and oxygen atoms in total. The minimum Gasteiger partial charge on any atom is -0.467 e. The van der Waals surface area contributed by atoms with Gasteiger partial charge in [0.25, 0.3) is 0 Å². The summed E-state index contributed by atoms with van der Waals surface area (Å²) >= 11 is 0. The summed E-state index contributed by atoms with van der Waals surface area (Å²) in [5.74, 6) is 2.21. The molecule has 0 bridgehead atoms. The van der Waals surface area contributed by atoms with E-state index in [4.69, 9.17) is 4.74 Å². The summed E-state index contributed by atoms with van der Waals surface area (Å²) in [4.78, 5) is 39.3. The Morgan fingerprint density at radius 1 is 0.923 bits per heavy atom. The molecule has 39 heavy (non-hydrogen) atoms. The van der Waals surface area contributed by atoms with Crippen molar-refractivity contribution in [2.24, 2.45) is 56.7 Å². The normalized spacial score (nSPS) is 47.1. The second kappa shape index (κ2) is 9.18. The van der Waals surface area contributed by atoms with Crippen LogP contribution >= 0.6 is 0 Å². The van der Waals surface area contributed by atoms with Gasteiger partial charge in [0.15, 0.2) is 0 Å². The first-order chi connectivity index (χ1) is 18.1. The zero-order chi connectivity index (χ0) is 28.8. The van der Waals surface area contributed by atoms with Crippen molar-refractivity contribution in [2.75, 3.05) is 7.11 Å². The van der Waals surface area contributed by atoms with Crippen LogP contribution in [0.25, 0.3) is 0 Å².